The minimum Gasteiger partial charge on any atom is -0.496 e. The Bertz CT molecular complexity index is 442. The predicted octanol–water partition coefficient (Wildman–Crippen LogP) is 1.94. The molecule has 0 atom stereocenters. The Morgan fingerprint density at radius 3 is 2.67 bits per heavy atom. The van der Waals surface area contributed by atoms with E-state index >= 15 is 0 Å². The van der Waals surface area contributed by atoms with Gasteiger partial charge in [0.1, 0.15) is 5.75 Å². The van der Waals surface area contributed by atoms with Crippen molar-refractivity contribution < 1.29 is 4.74 Å². The third kappa shape index (κ3) is 4.43. The molecule has 0 spiro atoms. The predicted molar refractivity (Wildman–Crippen MR) is 87.7 cm³/mol. The van der Waals surface area contributed by atoms with E-state index in [2.05, 4.69) is 47.4 Å². The van der Waals surface area contributed by atoms with Gasteiger partial charge in [0, 0.05) is 24.7 Å². The van der Waals surface area contributed by atoms with E-state index in [1.807, 2.05) is 7.05 Å². The molecular weight excluding hydrogens is 262 g/mol. The topological polar surface area (TPSA) is 27.7 Å². The summed E-state index contributed by atoms with van der Waals surface area (Å²) in [6.07, 6.45) is 2.53. The van der Waals surface area contributed by atoms with Gasteiger partial charge in [-0.15, -0.1) is 0 Å². The van der Waals surface area contributed by atoms with Crippen molar-refractivity contribution in [2.24, 2.45) is 0 Å². The summed E-state index contributed by atoms with van der Waals surface area (Å²) >= 11 is 0. The zero-order valence-electron chi connectivity index (χ0n) is 13.9. The second kappa shape index (κ2) is 7.78. The molecule has 0 bridgehead atoms. The van der Waals surface area contributed by atoms with Crippen LogP contribution in [0.1, 0.15) is 24.0 Å². The largest absolute Gasteiger partial charge is 0.496 e. The van der Waals surface area contributed by atoms with Crippen LogP contribution in [0.5, 0.6) is 5.75 Å². The molecule has 118 valence electrons. The first kappa shape index (κ1) is 16.3. The first-order valence-corrected chi connectivity index (χ1v) is 7.83. The monoisotopic (exact) mass is 291 g/mol. The zero-order chi connectivity index (χ0) is 15.2. The second-order valence-electron chi connectivity index (χ2n) is 6.13. The summed E-state index contributed by atoms with van der Waals surface area (Å²) < 4.78 is 5.51. The first-order chi connectivity index (χ1) is 10.1. The van der Waals surface area contributed by atoms with Crippen molar-refractivity contribution in [1.82, 2.24) is 15.1 Å². The van der Waals surface area contributed by atoms with E-state index in [-0.39, 0.29) is 0 Å². The number of rotatable bonds is 6. The van der Waals surface area contributed by atoms with Gasteiger partial charge in [-0.05, 0) is 58.7 Å². The molecule has 2 rings (SSSR count). The number of hydrogen-bond acceptors (Lipinski definition) is 4. The van der Waals surface area contributed by atoms with E-state index in [1.54, 1.807) is 7.11 Å². The van der Waals surface area contributed by atoms with Gasteiger partial charge in [0.15, 0.2) is 0 Å². The van der Waals surface area contributed by atoms with E-state index < -0.39 is 0 Å². The molecule has 1 aliphatic heterocycles. The molecule has 1 saturated heterocycles. The van der Waals surface area contributed by atoms with Crippen LogP contribution in [-0.2, 0) is 13.1 Å². The highest BCUT2D eigenvalue weighted by atomic mass is 16.5. The van der Waals surface area contributed by atoms with Gasteiger partial charge < -0.3 is 15.0 Å². The standard InChI is InChI=1S/C17H29N3O/c1-18-12-15-6-5-14(11-17(15)21-4)13-20(3)16-7-9-19(2)10-8-16/h5-6,11,16,18H,7-10,12-13H2,1-4H3. The third-order valence-electron chi connectivity index (χ3n) is 4.46. The summed E-state index contributed by atoms with van der Waals surface area (Å²) in [7, 11) is 8.16. The smallest absolute Gasteiger partial charge is 0.123 e. The number of benzene rings is 1. The van der Waals surface area contributed by atoms with Gasteiger partial charge in [-0.3, -0.25) is 4.90 Å². The maximum Gasteiger partial charge on any atom is 0.123 e. The quantitative estimate of drug-likeness (QED) is 0.867. The van der Waals surface area contributed by atoms with Crippen molar-refractivity contribution in [1.29, 1.82) is 0 Å². The van der Waals surface area contributed by atoms with Gasteiger partial charge in [0.05, 0.1) is 7.11 Å². The fourth-order valence-electron chi connectivity index (χ4n) is 3.08. The summed E-state index contributed by atoms with van der Waals surface area (Å²) in [6, 6.07) is 7.27. The summed E-state index contributed by atoms with van der Waals surface area (Å²) in [5.74, 6) is 0.985. The molecule has 0 unspecified atom stereocenters. The van der Waals surface area contributed by atoms with Gasteiger partial charge in [-0.1, -0.05) is 12.1 Å². The Kier molecular flexibility index (Phi) is 6.03. The molecule has 1 fully saturated rings. The van der Waals surface area contributed by atoms with Crippen LogP contribution in [0.4, 0.5) is 0 Å². The Morgan fingerprint density at radius 2 is 2.05 bits per heavy atom. The number of hydrogen-bond donors (Lipinski definition) is 1. The SMILES string of the molecule is CNCc1ccc(CN(C)C2CCN(C)CC2)cc1OC. The van der Waals surface area contributed by atoms with Crippen LogP contribution < -0.4 is 10.1 Å². The molecule has 0 aromatic heterocycles. The van der Waals surface area contributed by atoms with Crippen molar-refractivity contribution in [2.45, 2.75) is 32.0 Å². The van der Waals surface area contributed by atoms with Crippen LogP contribution in [0.2, 0.25) is 0 Å². The fraction of sp³-hybridized carbons (Fsp3) is 0.647. The minimum atomic E-state index is 0.698. The van der Waals surface area contributed by atoms with Crippen LogP contribution in [0, 0.1) is 0 Å². The van der Waals surface area contributed by atoms with E-state index in [0.29, 0.717) is 6.04 Å². The summed E-state index contributed by atoms with van der Waals surface area (Å²) in [6.45, 7) is 4.25. The average molecular weight is 291 g/mol. The lowest BCUT2D eigenvalue weighted by atomic mass is 10.0. The molecule has 0 saturated carbocycles. The van der Waals surface area contributed by atoms with Gasteiger partial charge in [-0.2, -0.15) is 0 Å². The normalized spacial score (nSPS) is 17.4. The molecule has 0 amide bonds. The van der Waals surface area contributed by atoms with Gasteiger partial charge >= 0.3 is 0 Å². The number of ether oxygens (including phenoxy) is 1. The first-order valence-electron chi connectivity index (χ1n) is 7.83. The van der Waals surface area contributed by atoms with E-state index in [0.717, 1.165) is 18.8 Å². The van der Waals surface area contributed by atoms with Crippen molar-refractivity contribution in [3.63, 3.8) is 0 Å². The van der Waals surface area contributed by atoms with Gasteiger partial charge in [0.25, 0.3) is 0 Å². The number of likely N-dealkylation sites (tertiary alicyclic amines) is 1. The highest BCUT2D eigenvalue weighted by molar-refractivity contribution is 5.37. The lowest BCUT2D eigenvalue weighted by Crippen LogP contribution is -2.41. The molecule has 0 radical (unpaired) electrons. The van der Waals surface area contributed by atoms with Crippen LogP contribution in [-0.4, -0.2) is 57.2 Å². The van der Waals surface area contributed by atoms with Crippen molar-refractivity contribution in [3.05, 3.63) is 29.3 Å². The number of methoxy groups -OCH3 is 1. The summed E-state index contributed by atoms with van der Waals surface area (Å²) in [5, 5.41) is 3.18. The molecule has 4 heteroatoms. The zero-order valence-corrected chi connectivity index (χ0v) is 13.9. The van der Waals surface area contributed by atoms with Gasteiger partial charge in [0.2, 0.25) is 0 Å². The van der Waals surface area contributed by atoms with Gasteiger partial charge in [-0.25, -0.2) is 0 Å². The second-order valence-corrected chi connectivity index (χ2v) is 6.13. The molecule has 21 heavy (non-hydrogen) atoms. The minimum absolute atomic E-state index is 0.698. The van der Waals surface area contributed by atoms with E-state index in [4.69, 9.17) is 4.74 Å². The molecule has 1 aromatic carbocycles. The Labute approximate surface area is 129 Å². The molecule has 1 N–H and O–H groups in total. The molecule has 1 aromatic rings. The number of nitrogens with zero attached hydrogens (tertiary/aromatic N) is 2. The molecule has 1 aliphatic rings. The van der Waals surface area contributed by atoms with Crippen LogP contribution in [0.15, 0.2) is 18.2 Å². The van der Waals surface area contributed by atoms with Crippen molar-refractivity contribution in [2.75, 3.05) is 41.3 Å². The van der Waals surface area contributed by atoms with Crippen LogP contribution >= 0.6 is 0 Å². The molecule has 1 heterocycles. The molecule has 0 aliphatic carbocycles. The van der Waals surface area contributed by atoms with E-state index in [1.165, 1.54) is 37.1 Å². The fourth-order valence-corrected chi connectivity index (χ4v) is 3.08. The lowest BCUT2D eigenvalue weighted by Gasteiger charge is -2.35. The maximum atomic E-state index is 5.51. The molecule has 4 nitrogen and oxygen atoms in total. The van der Waals surface area contributed by atoms with Crippen molar-refractivity contribution >= 4 is 0 Å². The average Bonchev–Trinajstić information content (AvgIpc) is 2.49. The lowest BCUT2D eigenvalue weighted by molar-refractivity contribution is 0.139. The summed E-state index contributed by atoms with van der Waals surface area (Å²) in [5.41, 5.74) is 2.54. The molecular formula is C17H29N3O. The summed E-state index contributed by atoms with van der Waals surface area (Å²) in [4.78, 5) is 4.90. The highest BCUT2D eigenvalue weighted by Crippen LogP contribution is 2.22. The Hall–Kier alpha value is -1.10. The van der Waals surface area contributed by atoms with Crippen LogP contribution in [0.25, 0.3) is 0 Å². The van der Waals surface area contributed by atoms with E-state index in [9.17, 15) is 0 Å². The van der Waals surface area contributed by atoms with Crippen LogP contribution in [0.3, 0.4) is 0 Å². The Balaban J connectivity index is 1.98. The number of piperidine rings is 1. The maximum absolute atomic E-state index is 5.51. The van der Waals surface area contributed by atoms with Crippen molar-refractivity contribution in [3.8, 4) is 5.75 Å². The highest BCUT2D eigenvalue weighted by Gasteiger charge is 2.20. The third-order valence-corrected chi connectivity index (χ3v) is 4.46. The Morgan fingerprint density at radius 1 is 1.33 bits per heavy atom. The number of nitrogens with one attached hydrogen (secondary N) is 1.